The molecule has 0 saturated heterocycles. The third-order valence-corrected chi connectivity index (χ3v) is 2.44. The van der Waals surface area contributed by atoms with Gasteiger partial charge in [0.05, 0.1) is 6.42 Å². The standard InChI is InChI=1S/C12H10O4/c13-10-3-1-2-9-8(10)5-4-7(12(9)16)6-11(14)15/h1-5,13,16H,6H2,(H,14,15). The van der Waals surface area contributed by atoms with E-state index >= 15 is 0 Å². The van der Waals surface area contributed by atoms with Gasteiger partial charge in [-0.2, -0.15) is 0 Å². The lowest BCUT2D eigenvalue weighted by Crippen LogP contribution is -2.00. The molecule has 0 atom stereocenters. The molecule has 2 rings (SSSR count). The van der Waals surface area contributed by atoms with Gasteiger partial charge >= 0.3 is 5.97 Å². The average Bonchev–Trinajstić information content (AvgIpc) is 2.23. The maximum Gasteiger partial charge on any atom is 0.307 e. The quantitative estimate of drug-likeness (QED) is 0.719. The van der Waals surface area contributed by atoms with Gasteiger partial charge in [-0.1, -0.05) is 24.3 Å². The van der Waals surface area contributed by atoms with Crippen LogP contribution in [0.2, 0.25) is 0 Å². The zero-order valence-electron chi connectivity index (χ0n) is 8.34. The summed E-state index contributed by atoms with van der Waals surface area (Å²) in [6.45, 7) is 0. The second kappa shape index (κ2) is 3.73. The number of benzene rings is 2. The number of aliphatic carboxylic acids is 1. The predicted molar refractivity (Wildman–Crippen MR) is 58.6 cm³/mol. The first kappa shape index (κ1) is 10.3. The molecule has 0 amide bonds. The topological polar surface area (TPSA) is 77.8 Å². The number of aromatic hydroxyl groups is 2. The van der Waals surface area contributed by atoms with Gasteiger partial charge in [0.25, 0.3) is 0 Å². The molecule has 0 unspecified atom stereocenters. The first-order valence-corrected chi connectivity index (χ1v) is 4.74. The SMILES string of the molecule is O=C(O)Cc1ccc2c(O)cccc2c1O. The number of phenolic OH excluding ortho intramolecular Hbond substituents is 2. The van der Waals surface area contributed by atoms with Crippen LogP contribution in [0.15, 0.2) is 30.3 Å². The summed E-state index contributed by atoms with van der Waals surface area (Å²) in [6, 6.07) is 7.85. The summed E-state index contributed by atoms with van der Waals surface area (Å²) in [5.74, 6) is -1.03. The van der Waals surface area contributed by atoms with E-state index in [0.29, 0.717) is 16.3 Å². The molecule has 0 saturated carbocycles. The fraction of sp³-hybridized carbons (Fsp3) is 0.0833. The van der Waals surface area contributed by atoms with Crippen molar-refractivity contribution in [1.82, 2.24) is 0 Å². The Labute approximate surface area is 91.4 Å². The maximum absolute atomic E-state index is 10.6. The fourth-order valence-corrected chi connectivity index (χ4v) is 1.68. The van der Waals surface area contributed by atoms with Crippen molar-refractivity contribution in [3.63, 3.8) is 0 Å². The number of carbonyl (C=O) groups is 1. The molecule has 3 N–H and O–H groups in total. The van der Waals surface area contributed by atoms with E-state index in [1.165, 1.54) is 12.1 Å². The molecule has 0 radical (unpaired) electrons. The van der Waals surface area contributed by atoms with Crippen molar-refractivity contribution < 1.29 is 20.1 Å². The van der Waals surface area contributed by atoms with Gasteiger partial charge in [0, 0.05) is 16.3 Å². The molecule has 16 heavy (non-hydrogen) atoms. The summed E-state index contributed by atoms with van der Waals surface area (Å²) in [5, 5.41) is 29.0. The zero-order valence-corrected chi connectivity index (χ0v) is 8.34. The van der Waals surface area contributed by atoms with E-state index in [1.807, 2.05) is 0 Å². The van der Waals surface area contributed by atoms with Gasteiger partial charge < -0.3 is 15.3 Å². The third-order valence-electron chi connectivity index (χ3n) is 2.44. The molecule has 0 fully saturated rings. The summed E-state index contributed by atoms with van der Waals surface area (Å²) < 4.78 is 0. The molecule has 2 aromatic rings. The number of rotatable bonds is 2. The lowest BCUT2D eigenvalue weighted by atomic mass is 10.0. The molecule has 0 aliphatic carbocycles. The second-order valence-corrected chi connectivity index (χ2v) is 3.52. The Balaban J connectivity index is 2.65. The summed E-state index contributed by atoms with van der Waals surface area (Å²) in [7, 11) is 0. The molecule has 82 valence electrons. The van der Waals surface area contributed by atoms with Crippen molar-refractivity contribution in [3.05, 3.63) is 35.9 Å². The number of hydrogen-bond donors (Lipinski definition) is 3. The lowest BCUT2D eigenvalue weighted by molar-refractivity contribution is -0.136. The molecular weight excluding hydrogens is 208 g/mol. The molecule has 0 spiro atoms. The Kier molecular flexibility index (Phi) is 2.40. The fourth-order valence-electron chi connectivity index (χ4n) is 1.68. The Morgan fingerprint density at radius 2 is 1.81 bits per heavy atom. The van der Waals surface area contributed by atoms with Crippen molar-refractivity contribution in [2.75, 3.05) is 0 Å². The van der Waals surface area contributed by atoms with E-state index < -0.39 is 5.97 Å². The van der Waals surface area contributed by atoms with E-state index in [4.69, 9.17) is 5.11 Å². The molecule has 0 aromatic heterocycles. The normalized spacial score (nSPS) is 10.5. The van der Waals surface area contributed by atoms with E-state index in [-0.39, 0.29) is 17.9 Å². The summed E-state index contributed by atoms with van der Waals surface area (Å²) >= 11 is 0. The zero-order chi connectivity index (χ0) is 11.7. The largest absolute Gasteiger partial charge is 0.507 e. The number of fused-ring (bicyclic) bond motifs is 1. The van der Waals surface area contributed by atoms with Crippen molar-refractivity contribution in [1.29, 1.82) is 0 Å². The highest BCUT2D eigenvalue weighted by atomic mass is 16.4. The van der Waals surface area contributed by atoms with Crippen LogP contribution in [0.25, 0.3) is 10.8 Å². The highest BCUT2D eigenvalue weighted by Gasteiger charge is 2.10. The first-order chi connectivity index (χ1) is 7.59. The molecule has 4 nitrogen and oxygen atoms in total. The minimum atomic E-state index is -1.00. The highest BCUT2D eigenvalue weighted by Crippen LogP contribution is 2.33. The summed E-state index contributed by atoms with van der Waals surface area (Å²) in [5.41, 5.74) is 0.339. The van der Waals surface area contributed by atoms with Crippen molar-refractivity contribution in [2.24, 2.45) is 0 Å². The van der Waals surface area contributed by atoms with Crippen LogP contribution >= 0.6 is 0 Å². The van der Waals surface area contributed by atoms with Gasteiger partial charge in [-0.25, -0.2) is 0 Å². The van der Waals surface area contributed by atoms with E-state index in [2.05, 4.69) is 0 Å². The second-order valence-electron chi connectivity index (χ2n) is 3.52. The van der Waals surface area contributed by atoms with Gasteiger partial charge in [0.2, 0.25) is 0 Å². The van der Waals surface area contributed by atoms with Gasteiger partial charge in [-0.3, -0.25) is 4.79 Å². The van der Waals surface area contributed by atoms with E-state index in [0.717, 1.165) is 0 Å². The van der Waals surface area contributed by atoms with E-state index in [1.54, 1.807) is 18.2 Å². The van der Waals surface area contributed by atoms with Crippen LogP contribution in [0.5, 0.6) is 11.5 Å². The number of phenols is 2. The Morgan fingerprint density at radius 3 is 2.50 bits per heavy atom. The maximum atomic E-state index is 10.6. The van der Waals surface area contributed by atoms with Crippen molar-refractivity contribution in [3.8, 4) is 11.5 Å². The molecule has 4 heteroatoms. The highest BCUT2D eigenvalue weighted by molar-refractivity contribution is 5.94. The number of carboxylic acids is 1. The minimum absolute atomic E-state index is 0.0645. The van der Waals surface area contributed by atoms with Crippen LogP contribution < -0.4 is 0 Å². The number of hydrogen-bond acceptors (Lipinski definition) is 3. The molecule has 2 aromatic carbocycles. The Hall–Kier alpha value is -2.23. The molecule has 0 aliphatic heterocycles. The minimum Gasteiger partial charge on any atom is -0.507 e. The average molecular weight is 218 g/mol. The van der Waals surface area contributed by atoms with Gasteiger partial charge in [0.15, 0.2) is 0 Å². The predicted octanol–water partition coefficient (Wildman–Crippen LogP) is 1.88. The number of carboxylic acid groups (broad SMARTS) is 1. The molecule has 0 bridgehead atoms. The molecular formula is C12H10O4. The van der Waals surface area contributed by atoms with E-state index in [9.17, 15) is 15.0 Å². The van der Waals surface area contributed by atoms with Crippen LogP contribution in [-0.2, 0) is 11.2 Å². The van der Waals surface area contributed by atoms with Gasteiger partial charge in [-0.15, -0.1) is 0 Å². The van der Waals surface area contributed by atoms with Crippen LogP contribution in [0.3, 0.4) is 0 Å². The van der Waals surface area contributed by atoms with Gasteiger partial charge in [-0.05, 0) is 6.07 Å². The van der Waals surface area contributed by atoms with Gasteiger partial charge in [0.1, 0.15) is 11.5 Å². The Bertz CT molecular complexity index is 560. The monoisotopic (exact) mass is 218 g/mol. The van der Waals surface area contributed by atoms with Crippen molar-refractivity contribution in [2.45, 2.75) is 6.42 Å². The van der Waals surface area contributed by atoms with Crippen LogP contribution in [0.1, 0.15) is 5.56 Å². The Morgan fingerprint density at radius 1 is 1.06 bits per heavy atom. The third kappa shape index (κ3) is 1.65. The summed E-state index contributed by atoms with van der Waals surface area (Å²) in [4.78, 5) is 10.6. The first-order valence-electron chi connectivity index (χ1n) is 4.74. The molecule has 0 heterocycles. The van der Waals surface area contributed by atoms with Crippen LogP contribution in [0.4, 0.5) is 0 Å². The summed E-state index contributed by atoms with van der Waals surface area (Å²) in [6.07, 6.45) is -0.239. The van der Waals surface area contributed by atoms with Crippen molar-refractivity contribution >= 4 is 16.7 Å². The molecule has 0 aliphatic rings. The van der Waals surface area contributed by atoms with Crippen LogP contribution in [-0.4, -0.2) is 21.3 Å². The van der Waals surface area contributed by atoms with Crippen LogP contribution in [0, 0.1) is 0 Å². The lowest BCUT2D eigenvalue weighted by Gasteiger charge is -2.07. The smallest absolute Gasteiger partial charge is 0.307 e.